The summed E-state index contributed by atoms with van der Waals surface area (Å²) in [6, 6.07) is 11.1. The van der Waals surface area contributed by atoms with Crippen molar-refractivity contribution >= 4 is 41.1 Å². The van der Waals surface area contributed by atoms with Crippen LogP contribution in [0.25, 0.3) is 0 Å². The van der Waals surface area contributed by atoms with Gasteiger partial charge in [0, 0.05) is 0 Å². The molecule has 1 atom stereocenters. The highest BCUT2D eigenvalue weighted by Crippen LogP contribution is 2.32. The van der Waals surface area contributed by atoms with Gasteiger partial charge in [-0.3, -0.25) is 9.69 Å². The second-order valence-electron chi connectivity index (χ2n) is 6.34. The Labute approximate surface area is 166 Å². The number of carbonyl (C=O) groups is 3. The topological polar surface area (TPSA) is 75.7 Å². The molecule has 1 aliphatic heterocycles. The molecule has 1 heterocycles. The normalized spacial score (nSPS) is 19.2. The molecular weight excluding hydrogens is 391 g/mol. The summed E-state index contributed by atoms with van der Waals surface area (Å²) in [7, 11) is 0. The molecule has 1 fully saturated rings. The van der Waals surface area contributed by atoms with Crippen molar-refractivity contribution in [2.75, 3.05) is 6.54 Å². The van der Waals surface area contributed by atoms with E-state index in [0.29, 0.717) is 5.56 Å². The summed E-state index contributed by atoms with van der Waals surface area (Å²) in [6.07, 6.45) is 0. The zero-order chi connectivity index (χ0) is 19.8. The molecule has 0 aliphatic carbocycles. The highest BCUT2D eigenvalue weighted by atomic mass is 35.5. The Kier molecular flexibility index (Phi) is 5.13. The van der Waals surface area contributed by atoms with Gasteiger partial charge in [-0.25, -0.2) is 9.59 Å². The Morgan fingerprint density at radius 3 is 2.48 bits per heavy atom. The number of amides is 3. The molecule has 8 heteroatoms. The van der Waals surface area contributed by atoms with E-state index in [4.69, 9.17) is 27.9 Å². The van der Waals surface area contributed by atoms with Crippen molar-refractivity contribution in [2.45, 2.75) is 19.4 Å². The highest BCUT2D eigenvalue weighted by Gasteiger charge is 2.49. The average molecular weight is 407 g/mol. The van der Waals surface area contributed by atoms with Crippen molar-refractivity contribution in [2.24, 2.45) is 0 Å². The van der Waals surface area contributed by atoms with E-state index < -0.39 is 30.0 Å². The maximum Gasteiger partial charge on any atom is 0.331 e. The van der Waals surface area contributed by atoms with Gasteiger partial charge in [-0.05, 0) is 31.5 Å². The van der Waals surface area contributed by atoms with Gasteiger partial charge < -0.3 is 10.1 Å². The van der Waals surface area contributed by atoms with Gasteiger partial charge in [-0.1, -0.05) is 59.1 Å². The fourth-order valence-electron chi connectivity index (χ4n) is 2.77. The molecule has 3 rings (SSSR count). The number of carbonyl (C=O) groups excluding carboxylic acids is 3. The maximum atomic E-state index is 12.8. The lowest BCUT2D eigenvalue weighted by Gasteiger charge is -2.22. The monoisotopic (exact) mass is 406 g/mol. The lowest BCUT2D eigenvalue weighted by molar-refractivity contribution is -0.140. The lowest BCUT2D eigenvalue weighted by atomic mass is 9.91. The van der Waals surface area contributed by atoms with Crippen LogP contribution in [-0.4, -0.2) is 29.4 Å². The van der Waals surface area contributed by atoms with Gasteiger partial charge in [0.15, 0.2) is 5.75 Å². The molecule has 2 aromatic carbocycles. The van der Waals surface area contributed by atoms with Gasteiger partial charge in [0.1, 0.15) is 17.1 Å². The summed E-state index contributed by atoms with van der Waals surface area (Å²) >= 11 is 11.9. The summed E-state index contributed by atoms with van der Waals surface area (Å²) in [5.41, 5.74) is 0.400. The number of nitrogens with one attached hydrogen (secondary N) is 1. The molecule has 0 bridgehead atoms. The molecule has 1 saturated heterocycles. The number of aryl methyl sites for hydroxylation is 1. The quantitative estimate of drug-likeness (QED) is 0.477. The zero-order valence-electron chi connectivity index (χ0n) is 14.6. The number of benzene rings is 2. The fourth-order valence-corrected chi connectivity index (χ4v) is 3.10. The second-order valence-corrected chi connectivity index (χ2v) is 7.12. The third kappa shape index (κ3) is 3.63. The Bertz CT molecular complexity index is 930. The van der Waals surface area contributed by atoms with Crippen LogP contribution in [0.4, 0.5) is 4.79 Å². The Hall–Kier alpha value is -2.57. The van der Waals surface area contributed by atoms with Crippen LogP contribution >= 0.6 is 23.2 Å². The van der Waals surface area contributed by atoms with Crippen LogP contribution in [0.5, 0.6) is 5.75 Å². The number of rotatable bonds is 4. The molecule has 0 radical (unpaired) electrons. The molecule has 6 nitrogen and oxygen atoms in total. The van der Waals surface area contributed by atoms with Gasteiger partial charge in [0.25, 0.3) is 5.91 Å². The number of halogens is 2. The Morgan fingerprint density at radius 1 is 1.15 bits per heavy atom. The number of esters is 1. The van der Waals surface area contributed by atoms with Crippen LogP contribution in [0, 0.1) is 6.92 Å². The molecule has 27 heavy (non-hydrogen) atoms. The van der Waals surface area contributed by atoms with E-state index in [2.05, 4.69) is 5.32 Å². The van der Waals surface area contributed by atoms with E-state index in [1.54, 1.807) is 31.2 Å². The van der Waals surface area contributed by atoms with Gasteiger partial charge in [0.05, 0.1) is 5.02 Å². The molecule has 2 aromatic rings. The molecule has 1 N–H and O–H groups in total. The minimum absolute atomic E-state index is 0.0579. The first-order valence-electron chi connectivity index (χ1n) is 8.08. The average Bonchev–Trinajstić information content (AvgIpc) is 2.83. The number of hydrogen-bond donors (Lipinski definition) is 1. The van der Waals surface area contributed by atoms with Gasteiger partial charge in [0.2, 0.25) is 0 Å². The number of ether oxygens (including phenoxy) is 1. The summed E-state index contributed by atoms with van der Waals surface area (Å²) in [5, 5.41) is 2.94. The molecule has 140 valence electrons. The van der Waals surface area contributed by atoms with Crippen molar-refractivity contribution in [3.63, 3.8) is 0 Å². The molecular formula is C19H16Cl2N2O4. The largest absolute Gasteiger partial charge is 0.424 e. The molecule has 1 aliphatic rings. The number of nitrogens with zero attached hydrogens (tertiary/aromatic N) is 1. The molecule has 0 unspecified atom stereocenters. The highest BCUT2D eigenvalue weighted by molar-refractivity contribution is 6.43. The molecule has 0 aromatic heterocycles. The van der Waals surface area contributed by atoms with Crippen molar-refractivity contribution in [1.29, 1.82) is 0 Å². The summed E-state index contributed by atoms with van der Waals surface area (Å²) in [6.45, 7) is 2.97. The van der Waals surface area contributed by atoms with Gasteiger partial charge >= 0.3 is 12.0 Å². The third-order valence-corrected chi connectivity index (χ3v) is 5.13. The number of hydrogen-bond acceptors (Lipinski definition) is 4. The van der Waals surface area contributed by atoms with E-state index in [9.17, 15) is 14.4 Å². The van der Waals surface area contributed by atoms with Crippen LogP contribution in [0.15, 0.2) is 42.5 Å². The van der Waals surface area contributed by atoms with Crippen LogP contribution < -0.4 is 10.1 Å². The summed E-state index contributed by atoms with van der Waals surface area (Å²) < 4.78 is 5.14. The lowest BCUT2D eigenvalue weighted by Crippen LogP contribution is -2.42. The number of urea groups is 1. The smallest absolute Gasteiger partial charge is 0.331 e. The van der Waals surface area contributed by atoms with Crippen molar-refractivity contribution < 1.29 is 19.1 Å². The van der Waals surface area contributed by atoms with Crippen LogP contribution in [0.1, 0.15) is 18.1 Å². The SMILES string of the molecule is Cc1ccc([C@@]2(C)NC(=O)N(CC(=O)Oc3cccc(Cl)c3Cl)C2=O)cc1. The third-order valence-electron chi connectivity index (χ3n) is 4.33. The second kappa shape index (κ2) is 7.21. The zero-order valence-corrected chi connectivity index (χ0v) is 16.1. The standard InChI is InChI=1S/C19H16Cl2N2O4/c1-11-6-8-12(9-7-11)19(2)17(25)23(18(26)22-19)10-15(24)27-14-5-3-4-13(20)16(14)21/h3-9H,10H2,1-2H3,(H,22,26)/t19-/m1/s1. The van der Waals surface area contributed by atoms with E-state index in [-0.39, 0.29) is 15.8 Å². The van der Waals surface area contributed by atoms with Gasteiger partial charge in [-0.2, -0.15) is 0 Å². The number of imide groups is 1. The predicted molar refractivity (Wildman–Crippen MR) is 101 cm³/mol. The first-order chi connectivity index (χ1) is 12.7. The van der Waals surface area contributed by atoms with E-state index in [1.807, 2.05) is 19.1 Å². The van der Waals surface area contributed by atoms with Gasteiger partial charge in [-0.15, -0.1) is 0 Å². The summed E-state index contributed by atoms with van der Waals surface area (Å²) in [5.74, 6) is -1.29. The fraction of sp³-hybridized carbons (Fsp3) is 0.211. The van der Waals surface area contributed by atoms with E-state index >= 15 is 0 Å². The van der Waals surface area contributed by atoms with Crippen molar-refractivity contribution in [1.82, 2.24) is 10.2 Å². The summed E-state index contributed by atoms with van der Waals surface area (Å²) in [4.78, 5) is 38.1. The van der Waals surface area contributed by atoms with Crippen LogP contribution in [-0.2, 0) is 15.1 Å². The molecule has 0 spiro atoms. The Balaban J connectivity index is 1.76. The molecule has 3 amide bonds. The van der Waals surface area contributed by atoms with E-state index in [0.717, 1.165) is 10.5 Å². The van der Waals surface area contributed by atoms with Crippen LogP contribution in [0.2, 0.25) is 10.0 Å². The predicted octanol–water partition coefficient (Wildman–Crippen LogP) is 3.67. The minimum Gasteiger partial charge on any atom is -0.424 e. The maximum absolute atomic E-state index is 12.8. The Morgan fingerprint density at radius 2 is 1.81 bits per heavy atom. The first kappa shape index (κ1) is 19.2. The van der Waals surface area contributed by atoms with Crippen LogP contribution in [0.3, 0.4) is 0 Å². The van der Waals surface area contributed by atoms with Crippen molar-refractivity contribution in [3.05, 3.63) is 63.6 Å². The van der Waals surface area contributed by atoms with Crippen molar-refractivity contribution in [3.8, 4) is 5.75 Å². The van der Waals surface area contributed by atoms with E-state index in [1.165, 1.54) is 6.07 Å². The first-order valence-corrected chi connectivity index (χ1v) is 8.84. The molecule has 0 saturated carbocycles. The minimum atomic E-state index is -1.25.